The van der Waals surface area contributed by atoms with Crippen LogP contribution in [-0.2, 0) is 9.47 Å². The van der Waals surface area contributed by atoms with Gasteiger partial charge in [-0.05, 0) is 31.2 Å². The molecule has 1 heterocycles. The Bertz CT molecular complexity index is 410. The van der Waals surface area contributed by atoms with Crippen molar-refractivity contribution in [3.63, 3.8) is 0 Å². The molecule has 1 fully saturated rings. The first kappa shape index (κ1) is 14.1. The lowest BCUT2D eigenvalue weighted by Gasteiger charge is -2.40. The van der Waals surface area contributed by atoms with Gasteiger partial charge < -0.3 is 30.2 Å². The highest BCUT2D eigenvalue weighted by Crippen LogP contribution is 2.25. The molecule has 0 radical (unpaired) electrons. The summed E-state index contributed by atoms with van der Waals surface area (Å²) >= 11 is 0. The van der Waals surface area contributed by atoms with Crippen molar-refractivity contribution in [3.8, 4) is 5.75 Å². The highest BCUT2D eigenvalue weighted by atomic mass is 16.7. The van der Waals surface area contributed by atoms with Crippen LogP contribution in [0.1, 0.15) is 6.92 Å². The van der Waals surface area contributed by atoms with E-state index in [1.165, 1.54) is 7.11 Å². The van der Waals surface area contributed by atoms with Gasteiger partial charge in [-0.3, -0.25) is 0 Å². The standard InChI is InChI=1S/C13H19NO5/c1-7-10(15)12(17-2)11(16)13(18-7)19-9-5-3-8(14)4-6-9/h3-7,10-13,15-16H,14H2,1-2H3/t7-,10+,11-,12+,13-/m0/s1. The number of hydrogen-bond acceptors (Lipinski definition) is 6. The van der Waals surface area contributed by atoms with Crippen LogP contribution in [-0.4, -0.2) is 48.0 Å². The van der Waals surface area contributed by atoms with E-state index in [2.05, 4.69) is 0 Å². The summed E-state index contributed by atoms with van der Waals surface area (Å²) in [6.07, 6.45) is -4.11. The highest BCUT2D eigenvalue weighted by Gasteiger charge is 2.44. The number of ether oxygens (including phenoxy) is 3. The minimum Gasteiger partial charge on any atom is -0.462 e. The van der Waals surface area contributed by atoms with Gasteiger partial charge >= 0.3 is 0 Å². The zero-order chi connectivity index (χ0) is 14.0. The Morgan fingerprint density at radius 1 is 1.16 bits per heavy atom. The third-order valence-corrected chi connectivity index (χ3v) is 3.19. The van der Waals surface area contributed by atoms with Crippen LogP contribution in [0.2, 0.25) is 0 Å². The van der Waals surface area contributed by atoms with Gasteiger partial charge in [-0.1, -0.05) is 0 Å². The molecule has 0 aliphatic carbocycles. The first-order valence-corrected chi connectivity index (χ1v) is 6.09. The SMILES string of the molecule is CO[C@H]1[C@H](O)[C@H](Oc2ccc(N)cc2)O[C@@H](C)[C@H]1O. The zero-order valence-electron chi connectivity index (χ0n) is 10.9. The summed E-state index contributed by atoms with van der Waals surface area (Å²) in [6.45, 7) is 1.70. The Kier molecular flexibility index (Phi) is 4.26. The molecule has 6 heteroatoms. The van der Waals surface area contributed by atoms with E-state index in [0.717, 1.165) is 0 Å². The largest absolute Gasteiger partial charge is 0.462 e. The molecule has 1 aromatic rings. The summed E-state index contributed by atoms with van der Waals surface area (Å²) in [7, 11) is 1.43. The Morgan fingerprint density at radius 2 is 1.79 bits per heavy atom. The highest BCUT2D eigenvalue weighted by molar-refractivity contribution is 5.41. The third-order valence-electron chi connectivity index (χ3n) is 3.19. The molecular weight excluding hydrogens is 250 g/mol. The minimum atomic E-state index is -1.08. The predicted molar refractivity (Wildman–Crippen MR) is 68.6 cm³/mol. The molecule has 1 aliphatic heterocycles. The molecule has 0 amide bonds. The number of aliphatic hydroxyl groups excluding tert-OH is 2. The molecule has 0 unspecified atom stereocenters. The van der Waals surface area contributed by atoms with Gasteiger partial charge in [0.15, 0.2) is 0 Å². The maximum Gasteiger partial charge on any atom is 0.229 e. The van der Waals surface area contributed by atoms with Gasteiger partial charge in [-0.25, -0.2) is 0 Å². The van der Waals surface area contributed by atoms with Gasteiger partial charge in [0.05, 0.1) is 6.10 Å². The fourth-order valence-electron chi connectivity index (χ4n) is 2.05. The van der Waals surface area contributed by atoms with E-state index in [1.807, 2.05) is 0 Å². The quantitative estimate of drug-likeness (QED) is 0.675. The van der Waals surface area contributed by atoms with Crippen LogP contribution in [0.5, 0.6) is 5.75 Å². The van der Waals surface area contributed by atoms with Gasteiger partial charge in [0.1, 0.15) is 24.1 Å². The van der Waals surface area contributed by atoms with Crippen LogP contribution in [0, 0.1) is 0 Å². The lowest BCUT2D eigenvalue weighted by Crippen LogP contribution is -2.58. The number of anilines is 1. The molecule has 0 spiro atoms. The molecule has 1 saturated heterocycles. The third kappa shape index (κ3) is 2.98. The van der Waals surface area contributed by atoms with Gasteiger partial charge in [0.2, 0.25) is 6.29 Å². The fourth-order valence-corrected chi connectivity index (χ4v) is 2.05. The maximum atomic E-state index is 10.1. The van der Waals surface area contributed by atoms with Crippen molar-refractivity contribution < 1.29 is 24.4 Å². The van der Waals surface area contributed by atoms with E-state index < -0.39 is 30.7 Å². The number of rotatable bonds is 3. The second-order valence-electron chi connectivity index (χ2n) is 4.58. The lowest BCUT2D eigenvalue weighted by atomic mass is 10.00. The number of nitrogens with two attached hydrogens (primary N) is 1. The van der Waals surface area contributed by atoms with Crippen LogP contribution in [0.4, 0.5) is 5.69 Å². The number of hydrogen-bond donors (Lipinski definition) is 3. The maximum absolute atomic E-state index is 10.1. The van der Waals surface area contributed by atoms with Crippen LogP contribution in [0.15, 0.2) is 24.3 Å². The molecule has 0 bridgehead atoms. The molecule has 1 aliphatic rings. The van der Waals surface area contributed by atoms with Crippen LogP contribution in [0.3, 0.4) is 0 Å². The van der Waals surface area contributed by atoms with Crippen LogP contribution in [0.25, 0.3) is 0 Å². The molecule has 0 saturated carbocycles. The zero-order valence-corrected chi connectivity index (χ0v) is 10.9. The Hall–Kier alpha value is -1.34. The summed E-state index contributed by atoms with van der Waals surface area (Å²) in [5.74, 6) is 0.525. The van der Waals surface area contributed by atoms with Crippen molar-refractivity contribution in [1.29, 1.82) is 0 Å². The molecule has 2 rings (SSSR count). The van der Waals surface area contributed by atoms with Crippen molar-refractivity contribution in [2.24, 2.45) is 0 Å². The summed E-state index contributed by atoms with van der Waals surface area (Å²) in [5.41, 5.74) is 6.20. The molecule has 1 aromatic carbocycles. The summed E-state index contributed by atoms with van der Waals surface area (Å²) in [6, 6.07) is 6.75. The van der Waals surface area contributed by atoms with Crippen LogP contribution < -0.4 is 10.5 Å². The molecule has 106 valence electrons. The second kappa shape index (κ2) is 5.75. The smallest absolute Gasteiger partial charge is 0.229 e. The van der Waals surface area contributed by atoms with E-state index in [9.17, 15) is 10.2 Å². The number of benzene rings is 1. The number of nitrogen functional groups attached to an aromatic ring is 1. The van der Waals surface area contributed by atoms with Gasteiger partial charge in [0.25, 0.3) is 0 Å². The fraction of sp³-hybridized carbons (Fsp3) is 0.538. The minimum absolute atomic E-state index is 0.493. The summed E-state index contributed by atoms with van der Waals surface area (Å²) < 4.78 is 16.1. The number of aliphatic hydroxyl groups is 2. The summed E-state index contributed by atoms with van der Waals surface area (Å²) in [4.78, 5) is 0. The van der Waals surface area contributed by atoms with Crippen molar-refractivity contribution in [1.82, 2.24) is 0 Å². The second-order valence-corrected chi connectivity index (χ2v) is 4.58. The lowest BCUT2D eigenvalue weighted by molar-refractivity contribution is -0.272. The topological polar surface area (TPSA) is 94.2 Å². The van der Waals surface area contributed by atoms with Gasteiger partial charge in [-0.15, -0.1) is 0 Å². The van der Waals surface area contributed by atoms with E-state index in [1.54, 1.807) is 31.2 Å². The molecule has 4 N–H and O–H groups in total. The monoisotopic (exact) mass is 269 g/mol. The Morgan fingerprint density at radius 3 is 2.37 bits per heavy atom. The van der Waals surface area contributed by atoms with Crippen molar-refractivity contribution in [2.45, 2.75) is 37.6 Å². The molecule has 5 atom stereocenters. The first-order valence-electron chi connectivity index (χ1n) is 6.09. The van der Waals surface area contributed by atoms with E-state index in [0.29, 0.717) is 11.4 Å². The Balaban J connectivity index is 2.09. The molecule has 6 nitrogen and oxygen atoms in total. The predicted octanol–water partition coefficient (Wildman–Crippen LogP) is 0.129. The van der Waals surface area contributed by atoms with E-state index >= 15 is 0 Å². The van der Waals surface area contributed by atoms with E-state index in [4.69, 9.17) is 19.9 Å². The summed E-state index contributed by atoms with van der Waals surface area (Å²) in [5, 5.41) is 19.9. The van der Waals surface area contributed by atoms with Crippen molar-refractivity contribution in [3.05, 3.63) is 24.3 Å². The normalized spacial score (nSPS) is 35.1. The molecule has 0 aromatic heterocycles. The first-order chi connectivity index (χ1) is 9.02. The number of methoxy groups -OCH3 is 1. The Labute approximate surface area is 111 Å². The molecular formula is C13H19NO5. The van der Waals surface area contributed by atoms with Crippen molar-refractivity contribution >= 4 is 5.69 Å². The van der Waals surface area contributed by atoms with Gasteiger partial charge in [0, 0.05) is 12.8 Å². The van der Waals surface area contributed by atoms with Crippen molar-refractivity contribution in [2.75, 3.05) is 12.8 Å². The van der Waals surface area contributed by atoms with E-state index in [-0.39, 0.29) is 0 Å². The van der Waals surface area contributed by atoms with Crippen LogP contribution >= 0.6 is 0 Å². The van der Waals surface area contributed by atoms with Gasteiger partial charge in [-0.2, -0.15) is 0 Å². The molecule has 19 heavy (non-hydrogen) atoms. The average Bonchev–Trinajstić information content (AvgIpc) is 2.39. The average molecular weight is 269 g/mol.